The molecule has 0 aliphatic rings. The van der Waals surface area contributed by atoms with E-state index in [1.165, 1.54) is 6.33 Å². The zero-order valence-corrected chi connectivity index (χ0v) is 12.3. The van der Waals surface area contributed by atoms with E-state index in [2.05, 4.69) is 9.97 Å². The van der Waals surface area contributed by atoms with Crippen LogP contribution in [-0.2, 0) is 11.2 Å². The third-order valence-corrected chi connectivity index (χ3v) is 3.41. The van der Waals surface area contributed by atoms with Gasteiger partial charge in [-0.3, -0.25) is 0 Å². The molecular weight excluding hydrogens is 276 g/mol. The Morgan fingerprint density at radius 1 is 1.05 bits per heavy atom. The quantitative estimate of drug-likeness (QED) is 0.714. The van der Waals surface area contributed by atoms with E-state index in [9.17, 15) is 4.79 Å². The maximum Gasteiger partial charge on any atom is 0.230 e. The molecule has 1 heterocycles. The Kier molecular flexibility index (Phi) is 4.10. The van der Waals surface area contributed by atoms with Crippen molar-refractivity contribution in [3.8, 4) is 11.6 Å². The Balaban J connectivity index is 1.79. The second-order valence-electron chi connectivity index (χ2n) is 5.14. The molecule has 4 nitrogen and oxygen atoms in total. The molecule has 0 fully saturated rings. The van der Waals surface area contributed by atoms with Crippen LogP contribution in [0.3, 0.4) is 0 Å². The monoisotopic (exact) mass is 292 g/mol. The fourth-order valence-electron chi connectivity index (χ4n) is 2.22. The van der Waals surface area contributed by atoms with Gasteiger partial charge in [0.25, 0.3) is 0 Å². The lowest BCUT2D eigenvalue weighted by Gasteiger charge is -2.08. The molecule has 0 spiro atoms. The average Bonchev–Trinajstić information content (AvgIpc) is 2.54. The zero-order chi connectivity index (χ0) is 15.4. The van der Waals surface area contributed by atoms with Crippen molar-refractivity contribution in [2.24, 2.45) is 0 Å². The first kappa shape index (κ1) is 14.2. The molecule has 3 rings (SSSR count). The highest BCUT2D eigenvalue weighted by molar-refractivity contribution is 5.83. The Bertz CT molecular complexity index is 792. The number of ether oxygens (including phenoxy) is 1. The van der Waals surface area contributed by atoms with Crippen LogP contribution in [0.25, 0.3) is 10.9 Å². The molecule has 0 aliphatic carbocycles. The number of rotatable bonds is 5. The van der Waals surface area contributed by atoms with Gasteiger partial charge in [-0.1, -0.05) is 24.3 Å². The number of carbonyl (C=O) groups excluding carboxylic acids is 1. The summed E-state index contributed by atoms with van der Waals surface area (Å²) >= 11 is 0. The van der Waals surface area contributed by atoms with Crippen LogP contribution in [0.15, 0.2) is 54.9 Å². The molecule has 0 N–H and O–H groups in total. The smallest absolute Gasteiger partial charge is 0.230 e. The highest BCUT2D eigenvalue weighted by Gasteiger charge is 2.05. The molecule has 1 aromatic heterocycles. The summed E-state index contributed by atoms with van der Waals surface area (Å²) in [6.07, 6.45) is 2.82. The molecule has 0 unspecified atom stereocenters. The second-order valence-corrected chi connectivity index (χ2v) is 5.14. The van der Waals surface area contributed by atoms with Crippen molar-refractivity contribution >= 4 is 16.7 Å². The number of Topliss-reactive ketones (excluding diaryl/α,β-unsaturated/α-hetero) is 1. The highest BCUT2D eigenvalue weighted by Crippen LogP contribution is 2.26. The van der Waals surface area contributed by atoms with E-state index in [4.69, 9.17) is 4.74 Å². The fourth-order valence-corrected chi connectivity index (χ4v) is 2.22. The van der Waals surface area contributed by atoms with Gasteiger partial charge >= 0.3 is 0 Å². The molecule has 22 heavy (non-hydrogen) atoms. The number of para-hydroxylation sites is 1. The van der Waals surface area contributed by atoms with Gasteiger partial charge in [0.15, 0.2) is 0 Å². The van der Waals surface area contributed by atoms with E-state index in [1.807, 2.05) is 48.5 Å². The summed E-state index contributed by atoms with van der Waals surface area (Å²) in [5.74, 6) is 1.46. The first-order valence-electron chi connectivity index (χ1n) is 7.18. The Morgan fingerprint density at radius 3 is 2.59 bits per heavy atom. The van der Waals surface area contributed by atoms with Crippen molar-refractivity contribution in [2.45, 2.75) is 19.8 Å². The number of nitrogens with zero attached hydrogens (tertiary/aromatic N) is 2. The standard InChI is InChI=1S/C18H16N2O2/c1-13(21)6-7-14-8-10-15(11-9-14)22-18-16-4-2-3-5-17(16)19-12-20-18/h2-5,8-12H,6-7H2,1H3. The normalized spacial score (nSPS) is 10.6. The summed E-state index contributed by atoms with van der Waals surface area (Å²) in [7, 11) is 0. The summed E-state index contributed by atoms with van der Waals surface area (Å²) in [6, 6.07) is 15.5. The number of aryl methyl sites for hydroxylation is 1. The zero-order valence-electron chi connectivity index (χ0n) is 12.3. The number of hydrogen-bond donors (Lipinski definition) is 0. The molecule has 3 aromatic rings. The highest BCUT2D eigenvalue weighted by atomic mass is 16.5. The first-order chi connectivity index (χ1) is 10.7. The maximum absolute atomic E-state index is 11.0. The molecule has 4 heteroatoms. The van der Waals surface area contributed by atoms with Crippen molar-refractivity contribution in [2.75, 3.05) is 0 Å². The Morgan fingerprint density at radius 2 is 1.82 bits per heavy atom. The van der Waals surface area contributed by atoms with Gasteiger partial charge in [-0.25, -0.2) is 9.97 Å². The molecule has 0 saturated heterocycles. The van der Waals surface area contributed by atoms with Gasteiger partial charge in [0.05, 0.1) is 10.9 Å². The van der Waals surface area contributed by atoms with Gasteiger partial charge < -0.3 is 9.53 Å². The Hall–Kier alpha value is -2.75. The molecule has 0 atom stereocenters. The minimum atomic E-state index is 0.202. The van der Waals surface area contributed by atoms with Crippen LogP contribution in [0.1, 0.15) is 18.9 Å². The molecule has 0 saturated carbocycles. The number of hydrogen-bond acceptors (Lipinski definition) is 4. The summed E-state index contributed by atoms with van der Waals surface area (Å²) in [5.41, 5.74) is 1.97. The van der Waals surface area contributed by atoms with Crippen molar-refractivity contribution < 1.29 is 9.53 Å². The molecule has 0 aliphatic heterocycles. The number of carbonyl (C=O) groups is 1. The van der Waals surface area contributed by atoms with Crippen LogP contribution in [0.4, 0.5) is 0 Å². The van der Waals surface area contributed by atoms with Crippen molar-refractivity contribution in [1.29, 1.82) is 0 Å². The first-order valence-corrected chi connectivity index (χ1v) is 7.18. The van der Waals surface area contributed by atoms with Crippen molar-refractivity contribution in [3.05, 3.63) is 60.4 Å². The number of aromatic nitrogens is 2. The van der Waals surface area contributed by atoms with Gasteiger partial charge in [-0.2, -0.15) is 0 Å². The van der Waals surface area contributed by atoms with Gasteiger partial charge in [-0.15, -0.1) is 0 Å². The third-order valence-electron chi connectivity index (χ3n) is 3.41. The summed E-state index contributed by atoms with van der Waals surface area (Å²) in [6.45, 7) is 1.61. The summed E-state index contributed by atoms with van der Waals surface area (Å²) in [5, 5.41) is 0.880. The number of benzene rings is 2. The summed E-state index contributed by atoms with van der Waals surface area (Å²) in [4.78, 5) is 19.4. The van der Waals surface area contributed by atoms with Gasteiger partial charge in [0.2, 0.25) is 5.88 Å². The van der Waals surface area contributed by atoms with E-state index in [1.54, 1.807) is 6.92 Å². The number of fused-ring (bicyclic) bond motifs is 1. The van der Waals surface area contributed by atoms with Crippen LogP contribution in [0.5, 0.6) is 11.6 Å². The molecular formula is C18H16N2O2. The van der Waals surface area contributed by atoms with E-state index in [0.717, 1.165) is 28.6 Å². The topological polar surface area (TPSA) is 52.1 Å². The number of ketones is 1. The average molecular weight is 292 g/mol. The van der Waals surface area contributed by atoms with E-state index < -0.39 is 0 Å². The molecule has 110 valence electrons. The van der Waals surface area contributed by atoms with Crippen LogP contribution in [0.2, 0.25) is 0 Å². The lowest BCUT2D eigenvalue weighted by atomic mass is 10.1. The minimum absolute atomic E-state index is 0.202. The molecule has 0 radical (unpaired) electrons. The lowest BCUT2D eigenvalue weighted by Crippen LogP contribution is -1.94. The molecule has 0 bridgehead atoms. The van der Waals surface area contributed by atoms with E-state index in [-0.39, 0.29) is 5.78 Å². The lowest BCUT2D eigenvalue weighted by molar-refractivity contribution is -0.116. The third kappa shape index (κ3) is 3.28. The van der Waals surface area contributed by atoms with Gasteiger partial charge in [-0.05, 0) is 43.2 Å². The van der Waals surface area contributed by atoms with E-state index in [0.29, 0.717) is 12.3 Å². The van der Waals surface area contributed by atoms with Gasteiger partial charge in [0, 0.05) is 6.42 Å². The van der Waals surface area contributed by atoms with Crippen LogP contribution >= 0.6 is 0 Å². The largest absolute Gasteiger partial charge is 0.438 e. The molecule has 2 aromatic carbocycles. The Labute approximate surface area is 128 Å². The maximum atomic E-state index is 11.0. The van der Waals surface area contributed by atoms with E-state index >= 15 is 0 Å². The van der Waals surface area contributed by atoms with Crippen molar-refractivity contribution in [1.82, 2.24) is 9.97 Å². The fraction of sp³-hybridized carbons (Fsp3) is 0.167. The van der Waals surface area contributed by atoms with Crippen molar-refractivity contribution in [3.63, 3.8) is 0 Å². The second kappa shape index (κ2) is 6.35. The van der Waals surface area contributed by atoms with Crippen LogP contribution in [0, 0.1) is 0 Å². The van der Waals surface area contributed by atoms with Crippen LogP contribution in [-0.4, -0.2) is 15.8 Å². The van der Waals surface area contributed by atoms with Crippen LogP contribution < -0.4 is 4.74 Å². The predicted molar refractivity (Wildman–Crippen MR) is 85.1 cm³/mol. The predicted octanol–water partition coefficient (Wildman–Crippen LogP) is 3.94. The molecule has 0 amide bonds. The summed E-state index contributed by atoms with van der Waals surface area (Å²) < 4.78 is 5.85. The minimum Gasteiger partial charge on any atom is -0.438 e. The SMILES string of the molecule is CC(=O)CCc1ccc(Oc2ncnc3ccccc23)cc1. The van der Waals surface area contributed by atoms with Gasteiger partial charge in [0.1, 0.15) is 17.9 Å².